The predicted molar refractivity (Wildman–Crippen MR) is 62.6 cm³/mol. The molecule has 0 radical (unpaired) electrons. The monoisotopic (exact) mass is 253 g/mol. The predicted octanol–water partition coefficient (Wildman–Crippen LogP) is 2.02. The van der Waals surface area contributed by atoms with Gasteiger partial charge < -0.3 is 9.64 Å². The van der Waals surface area contributed by atoms with Gasteiger partial charge in [0.15, 0.2) is 0 Å². The van der Waals surface area contributed by atoms with Gasteiger partial charge in [0.1, 0.15) is 6.61 Å². The third kappa shape index (κ3) is 2.97. The van der Waals surface area contributed by atoms with Crippen LogP contribution in [0.3, 0.4) is 0 Å². The number of hydrogen-bond acceptors (Lipinski definition) is 3. The Morgan fingerprint density at radius 2 is 1.94 bits per heavy atom. The van der Waals surface area contributed by atoms with Gasteiger partial charge in [0, 0.05) is 13.1 Å². The SMILES string of the molecule is O=C(Cl)C1CN(C(=O)OCc2ccccc2)C1. The van der Waals surface area contributed by atoms with Crippen LogP contribution in [-0.2, 0) is 16.1 Å². The summed E-state index contributed by atoms with van der Waals surface area (Å²) in [7, 11) is 0. The van der Waals surface area contributed by atoms with Crippen molar-refractivity contribution in [3.8, 4) is 0 Å². The summed E-state index contributed by atoms with van der Waals surface area (Å²) in [4.78, 5) is 23.7. The van der Waals surface area contributed by atoms with Crippen LogP contribution in [0.4, 0.5) is 4.79 Å². The number of rotatable bonds is 3. The first-order valence-corrected chi connectivity index (χ1v) is 5.69. The number of amides is 1. The first kappa shape index (κ1) is 11.9. The van der Waals surface area contributed by atoms with Crippen molar-refractivity contribution in [1.29, 1.82) is 0 Å². The summed E-state index contributed by atoms with van der Waals surface area (Å²) >= 11 is 5.30. The Balaban J connectivity index is 1.74. The molecule has 0 bridgehead atoms. The molecule has 2 rings (SSSR count). The molecule has 0 aliphatic carbocycles. The van der Waals surface area contributed by atoms with E-state index >= 15 is 0 Å². The van der Waals surface area contributed by atoms with Crippen molar-refractivity contribution in [3.05, 3.63) is 35.9 Å². The zero-order chi connectivity index (χ0) is 12.3. The Bertz CT molecular complexity index is 415. The van der Waals surface area contributed by atoms with Crippen LogP contribution in [0.2, 0.25) is 0 Å². The lowest BCUT2D eigenvalue weighted by molar-refractivity contribution is -0.119. The molecule has 5 heteroatoms. The highest BCUT2D eigenvalue weighted by molar-refractivity contribution is 6.64. The maximum atomic E-state index is 11.5. The zero-order valence-corrected chi connectivity index (χ0v) is 9.89. The Kier molecular flexibility index (Phi) is 3.64. The van der Waals surface area contributed by atoms with Crippen LogP contribution in [0.1, 0.15) is 5.56 Å². The fourth-order valence-corrected chi connectivity index (χ4v) is 1.72. The normalized spacial score (nSPS) is 15.2. The fourth-order valence-electron chi connectivity index (χ4n) is 1.58. The first-order chi connectivity index (χ1) is 8.16. The molecule has 4 nitrogen and oxygen atoms in total. The molecular formula is C12H12ClNO3. The summed E-state index contributed by atoms with van der Waals surface area (Å²) in [6.45, 7) is 0.960. The van der Waals surface area contributed by atoms with Crippen LogP contribution < -0.4 is 0 Å². The number of hydrogen-bond donors (Lipinski definition) is 0. The van der Waals surface area contributed by atoms with E-state index in [-0.39, 0.29) is 12.5 Å². The van der Waals surface area contributed by atoms with E-state index in [0.29, 0.717) is 13.1 Å². The van der Waals surface area contributed by atoms with Gasteiger partial charge in [-0.25, -0.2) is 4.79 Å². The Labute approximate surface area is 104 Å². The molecule has 0 unspecified atom stereocenters. The number of benzene rings is 1. The molecule has 0 aromatic heterocycles. The summed E-state index contributed by atoms with van der Waals surface area (Å²) in [6, 6.07) is 9.43. The lowest BCUT2D eigenvalue weighted by Crippen LogP contribution is -2.52. The Hall–Kier alpha value is -1.55. The molecule has 90 valence electrons. The zero-order valence-electron chi connectivity index (χ0n) is 9.14. The number of nitrogens with zero attached hydrogens (tertiary/aromatic N) is 1. The third-order valence-electron chi connectivity index (χ3n) is 2.67. The molecule has 0 saturated carbocycles. The molecule has 1 aromatic carbocycles. The molecule has 0 atom stereocenters. The summed E-state index contributed by atoms with van der Waals surface area (Å²) in [5.41, 5.74) is 0.936. The van der Waals surface area contributed by atoms with Gasteiger partial charge in [-0.05, 0) is 17.2 Å². The highest BCUT2D eigenvalue weighted by atomic mass is 35.5. The minimum absolute atomic E-state index is 0.235. The molecule has 1 amide bonds. The van der Waals surface area contributed by atoms with E-state index < -0.39 is 11.3 Å². The second-order valence-electron chi connectivity index (χ2n) is 3.95. The lowest BCUT2D eigenvalue weighted by Gasteiger charge is -2.35. The average Bonchev–Trinajstić information content (AvgIpc) is 2.25. The van der Waals surface area contributed by atoms with Crippen LogP contribution >= 0.6 is 11.6 Å². The molecule has 1 aliphatic heterocycles. The number of halogens is 1. The summed E-state index contributed by atoms with van der Waals surface area (Å²) in [5, 5.41) is -0.392. The van der Waals surface area contributed by atoms with E-state index in [0.717, 1.165) is 5.56 Å². The smallest absolute Gasteiger partial charge is 0.410 e. The van der Waals surface area contributed by atoms with Gasteiger partial charge in [-0.15, -0.1) is 0 Å². The molecule has 17 heavy (non-hydrogen) atoms. The van der Waals surface area contributed by atoms with Gasteiger partial charge in [0.05, 0.1) is 5.92 Å². The van der Waals surface area contributed by atoms with Gasteiger partial charge in [-0.3, -0.25) is 4.79 Å². The summed E-state index contributed by atoms with van der Waals surface area (Å²) < 4.78 is 5.09. The number of carbonyl (C=O) groups excluding carboxylic acids is 2. The van der Waals surface area contributed by atoms with Crippen LogP contribution in [-0.4, -0.2) is 29.3 Å². The Morgan fingerprint density at radius 3 is 2.53 bits per heavy atom. The van der Waals surface area contributed by atoms with E-state index in [9.17, 15) is 9.59 Å². The molecule has 0 N–H and O–H groups in total. The molecular weight excluding hydrogens is 242 g/mol. The van der Waals surface area contributed by atoms with Gasteiger partial charge in [-0.1, -0.05) is 30.3 Å². The van der Waals surface area contributed by atoms with Crippen molar-refractivity contribution in [1.82, 2.24) is 4.90 Å². The molecule has 1 aromatic rings. The van der Waals surface area contributed by atoms with Crippen molar-refractivity contribution in [3.63, 3.8) is 0 Å². The van der Waals surface area contributed by atoms with Crippen LogP contribution in [0, 0.1) is 5.92 Å². The second kappa shape index (κ2) is 5.19. The van der Waals surface area contributed by atoms with Gasteiger partial charge in [-0.2, -0.15) is 0 Å². The van der Waals surface area contributed by atoms with E-state index in [1.807, 2.05) is 30.3 Å². The standard InChI is InChI=1S/C12H12ClNO3/c13-11(15)10-6-14(7-10)12(16)17-8-9-4-2-1-3-5-9/h1-5,10H,6-8H2. The number of likely N-dealkylation sites (tertiary alicyclic amines) is 1. The minimum Gasteiger partial charge on any atom is -0.445 e. The van der Waals surface area contributed by atoms with Crippen molar-refractivity contribution in [2.45, 2.75) is 6.61 Å². The van der Waals surface area contributed by atoms with Crippen molar-refractivity contribution in [2.75, 3.05) is 13.1 Å². The topological polar surface area (TPSA) is 46.6 Å². The van der Waals surface area contributed by atoms with E-state index in [1.165, 1.54) is 4.90 Å². The first-order valence-electron chi connectivity index (χ1n) is 5.32. The highest BCUT2D eigenvalue weighted by Gasteiger charge is 2.35. The fraction of sp³-hybridized carbons (Fsp3) is 0.333. The van der Waals surface area contributed by atoms with E-state index in [1.54, 1.807) is 0 Å². The highest BCUT2D eigenvalue weighted by Crippen LogP contribution is 2.19. The molecule has 1 saturated heterocycles. The van der Waals surface area contributed by atoms with Gasteiger partial charge in [0.2, 0.25) is 5.24 Å². The third-order valence-corrected chi connectivity index (χ3v) is 2.97. The van der Waals surface area contributed by atoms with Crippen LogP contribution in [0.15, 0.2) is 30.3 Å². The van der Waals surface area contributed by atoms with Crippen molar-refractivity contribution < 1.29 is 14.3 Å². The largest absolute Gasteiger partial charge is 0.445 e. The number of ether oxygens (including phenoxy) is 1. The molecule has 1 fully saturated rings. The summed E-state index contributed by atoms with van der Waals surface area (Å²) in [6.07, 6.45) is -0.400. The van der Waals surface area contributed by atoms with Gasteiger partial charge in [0.25, 0.3) is 0 Å². The lowest BCUT2D eigenvalue weighted by atomic mass is 10.0. The maximum Gasteiger partial charge on any atom is 0.410 e. The van der Waals surface area contributed by atoms with Crippen molar-refractivity contribution >= 4 is 22.9 Å². The Morgan fingerprint density at radius 1 is 1.29 bits per heavy atom. The quantitative estimate of drug-likeness (QED) is 0.775. The minimum atomic E-state index is -0.400. The molecule has 1 aliphatic rings. The van der Waals surface area contributed by atoms with E-state index in [4.69, 9.17) is 16.3 Å². The molecule has 0 spiro atoms. The second-order valence-corrected chi connectivity index (χ2v) is 4.32. The van der Waals surface area contributed by atoms with Crippen LogP contribution in [0.5, 0.6) is 0 Å². The van der Waals surface area contributed by atoms with Crippen LogP contribution in [0.25, 0.3) is 0 Å². The summed E-state index contributed by atoms with van der Waals surface area (Å²) in [5.74, 6) is -0.235. The maximum absolute atomic E-state index is 11.5. The van der Waals surface area contributed by atoms with E-state index in [2.05, 4.69) is 0 Å². The molecule has 1 heterocycles. The van der Waals surface area contributed by atoms with Crippen molar-refractivity contribution in [2.24, 2.45) is 5.92 Å². The van der Waals surface area contributed by atoms with Gasteiger partial charge >= 0.3 is 6.09 Å². The average molecular weight is 254 g/mol. The number of carbonyl (C=O) groups is 2.